The van der Waals surface area contributed by atoms with E-state index in [0.29, 0.717) is 17.7 Å². The van der Waals surface area contributed by atoms with E-state index in [4.69, 9.17) is 10.5 Å². The van der Waals surface area contributed by atoms with Crippen molar-refractivity contribution in [2.24, 2.45) is 5.73 Å². The number of sulfone groups is 1. The molecule has 148 valence electrons. The Balaban J connectivity index is 1.47. The Hall–Kier alpha value is -2.38. The number of fused-ring (bicyclic) bond motifs is 2. The van der Waals surface area contributed by atoms with Gasteiger partial charge in [0.1, 0.15) is 18.2 Å². The molecule has 0 radical (unpaired) electrons. The zero-order valence-corrected chi connectivity index (χ0v) is 16.3. The zero-order valence-electron chi connectivity index (χ0n) is 15.5. The third-order valence-corrected chi connectivity index (χ3v) is 7.15. The summed E-state index contributed by atoms with van der Waals surface area (Å²) in [6.07, 6.45) is 2.66. The van der Waals surface area contributed by atoms with E-state index < -0.39 is 9.84 Å². The molecule has 0 amide bonds. The Morgan fingerprint density at radius 2 is 1.89 bits per heavy atom. The third kappa shape index (κ3) is 3.52. The van der Waals surface area contributed by atoms with Crippen LogP contribution in [0.25, 0.3) is 0 Å². The minimum Gasteiger partial charge on any atom is -0.489 e. The third-order valence-electron chi connectivity index (χ3n) is 5.51. The number of hydrogen-bond acceptors (Lipinski definition) is 5. The van der Waals surface area contributed by atoms with Crippen LogP contribution in [0.1, 0.15) is 18.4 Å². The minimum atomic E-state index is -3.49. The predicted octanol–water partition coefficient (Wildman–Crippen LogP) is 3.16. The molecule has 4 rings (SSSR count). The molecule has 1 spiro atoms. The van der Waals surface area contributed by atoms with E-state index >= 15 is 0 Å². The largest absolute Gasteiger partial charge is 0.489 e. The maximum Gasteiger partial charge on any atom is 0.196 e. The molecule has 2 aromatic carbocycles. The molecule has 0 bridgehead atoms. The molecular formula is C21H23FN2O3S. The second-order valence-corrected chi connectivity index (χ2v) is 9.43. The Morgan fingerprint density at radius 1 is 1.18 bits per heavy atom. The smallest absolute Gasteiger partial charge is 0.196 e. The van der Waals surface area contributed by atoms with Crippen molar-refractivity contribution in [1.29, 1.82) is 0 Å². The van der Waals surface area contributed by atoms with Crippen molar-refractivity contribution >= 4 is 15.5 Å². The summed E-state index contributed by atoms with van der Waals surface area (Å²) in [7, 11) is -3.49. The van der Waals surface area contributed by atoms with Crippen molar-refractivity contribution in [2.75, 3.05) is 30.5 Å². The highest BCUT2D eigenvalue weighted by atomic mass is 32.2. The van der Waals surface area contributed by atoms with Gasteiger partial charge >= 0.3 is 0 Å². The van der Waals surface area contributed by atoms with E-state index in [1.165, 1.54) is 17.7 Å². The van der Waals surface area contributed by atoms with E-state index in [2.05, 4.69) is 6.07 Å². The Bertz CT molecular complexity index is 999. The van der Waals surface area contributed by atoms with Gasteiger partial charge in [-0.15, -0.1) is 0 Å². The molecule has 2 aromatic rings. The maximum atomic E-state index is 12.9. The fourth-order valence-electron chi connectivity index (χ4n) is 3.76. The van der Waals surface area contributed by atoms with Crippen LogP contribution in [0.15, 0.2) is 65.3 Å². The van der Waals surface area contributed by atoms with E-state index in [-0.39, 0.29) is 29.3 Å². The summed E-state index contributed by atoms with van der Waals surface area (Å²) in [6.45, 7) is 0.859. The van der Waals surface area contributed by atoms with E-state index in [1.54, 1.807) is 12.1 Å². The first-order valence-electron chi connectivity index (χ1n) is 9.26. The van der Waals surface area contributed by atoms with Crippen LogP contribution in [0.3, 0.4) is 0 Å². The molecule has 0 atom stereocenters. The van der Waals surface area contributed by atoms with Crippen LogP contribution in [-0.2, 0) is 15.3 Å². The van der Waals surface area contributed by atoms with Crippen LogP contribution < -0.4 is 15.4 Å². The summed E-state index contributed by atoms with van der Waals surface area (Å²) >= 11 is 0. The number of anilines is 1. The van der Waals surface area contributed by atoms with Gasteiger partial charge in [0, 0.05) is 29.8 Å². The lowest BCUT2D eigenvalue weighted by Crippen LogP contribution is -2.30. The van der Waals surface area contributed by atoms with Crippen molar-refractivity contribution in [1.82, 2.24) is 0 Å². The van der Waals surface area contributed by atoms with Crippen molar-refractivity contribution in [3.05, 3.63) is 66.0 Å². The highest BCUT2D eigenvalue weighted by Crippen LogP contribution is 2.56. The normalized spacial score (nSPS) is 17.6. The Labute approximate surface area is 164 Å². The van der Waals surface area contributed by atoms with E-state index in [1.807, 2.05) is 23.1 Å². The molecule has 1 aliphatic heterocycles. The lowest BCUT2D eigenvalue weighted by Gasteiger charge is -2.20. The highest BCUT2D eigenvalue weighted by molar-refractivity contribution is 7.91. The molecule has 1 heterocycles. The molecule has 1 aliphatic carbocycles. The maximum absolute atomic E-state index is 12.9. The monoisotopic (exact) mass is 402 g/mol. The molecule has 7 heteroatoms. The number of nitrogens with zero attached hydrogens (tertiary/aromatic N) is 1. The lowest BCUT2D eigenvalue weighted by atomic mass is 9.99. The van der Waals surface area contributed by atoms with Crippen LogP contribution >= 0.6 is 0 Å². The average Bonchev–Trinajstić information content (AvgIpc) is 3.42. The van der Waals surface area contributed by atoms with Gasteiger partial charge < -0.3 is 15.4 Å². The Morgan fingerprint density at radius 3 is 2.54 bits per heavy atom. The first-order chi connectivity index (χ1) is 13.5. The van der Waals surface area contributed by atoms with Gasteiger partial charge in [-0.3, -0.25) is 0 Å². The van der Waals surface area contributed by atoms with Gasteiger partial charge in [0.2, 0.25) is 0 Å². The van der Waals surface area contributed by atoms with Crippen LogP contribution in [0.5, 0.6) is 5.75 Å². The number of nitrogens with two attached hydrogens (primary N) is 1. The second kappa shape index (κ2) is 7.22. The van der Waals surface area contributed by atoms with Crippen molar-refractivity contribution in [2.45, 2.75) is 23.2 Å². The molecule has 0 aromatic heterocycles. The highest BCUT2D eigenvalue weighted by Gasteiger charge is 2.51. The topological polar surface area (TPSA) is 72.6 Å². The van der Waals surface area contributed by atoms with Crippen LogP contribution in [0.4, 0.5) is 10.1 Å². The lowest BCUT2D eigenvalue weighted by molar-refractivity contribution is 0.347. The number of rotatable bonds is 7. The summed E-state index contributed by atoms with van der Waals surface area (Å²) < 4.78 is 43.9. The van der Waals surface area contributed by atoms with Crippen molar-refractivity contribution < 1.29 is 17.5 Å². The van der Waals surface area contributed by atoms with Crippen LogP contribution in [-0.4, -0.2) is 34.0 Å². The first kappa shape index (κ1) is 19.0. The van der Waals surface area contributed by atoms with Gasteiger partial charge in [0.15, 0.2) is 9.84 Å². The molecule has 2 aliphatic rings. The standard InChI is InChI=1S/C21H23FN2O3S/c22-11-16(12-23)13-27-17-5-7-18(8-6-17)28(25,26)15-24-14-21(9-10-21)19-3-1-2-4-20(19)24/h1-8,11H,9-10,12-15,23H2/b16-11+. The molecule has 0 unspecified atom stereocenters. The summed E-state index contributed by atoms with van der Waals surface area (Å²) in [6, 6.07) is 14.3. The fraction of sp³-hybridized carbons (Fsp3) is 0.333. The van der Waals surface area contributed by atoms with Gasteiger partial charge in [-0.1, -0.05) is 18.2 Å². The average molecular weight is 402 g/mol. The predicted molar refractivity (Wildman–Crippen MR) is 107 cm³/mol. The van der Waals surface area contributed by atoms with Gasteiger partial charge in [0.25, 0.3) is 0 Å². The van der Waals surface area contributed by atoms with Gasteiger partial charge in [-0.2, -0.15) is 0 Å². The first-order valence-corrected chi connectivity index (χ1v) is 10.9. The van der Waals surface area contributed by atoms with Crippen LogP contribution in [0.2, 0.25) is 0 Å². The fourth-order valence-corrected chi connectivity index (χ4v) is 5.10. The van der Waals surface area contributed by atoms with E-state index in [0.717, 1.165) is 25.1 Å². The number of benzene rings is 2. The molecular weight excluding hydrogens is 379 g/mol. The van der Waals surface area contributed by atoms with E-state index in [9.17, 15) is 12.8 Å². The molecule has 28 heavy (non-hydrogen) atoms. The van der Waals surface area contributed by atoms with Crippen LogP contribution in [0, 0.1) is 0 Å². The zero-order chi connectivity index (χ0) is 19.8. The molecule has 0 saturated heterocycles. The summed E-state index contributed by atoms with van der Waals surface area (Å²) in [5.41, 5.74) is 8.16. The number of hydrogen-bond donors (Lipinski definition) is 1. The molecule has 1 fully saturated rings. The second-order valence-electron chi connectivity index (χ2n) is 7.47. The quantitative estimate of drug-likeness (QED) is 0.770. The van der Waals surface area contributed by atoms with Gasteiger partial charge in [-0.05, 0) is 48.7 Å². The number of ether oxygens (including phenoxy) is 1. The Kier molecular flexibility index (Phi) is 4.89. The molecule has 2 N–H and O–H groups in total. The SMILES string of the molecule is NC/C(=C\F)COc1ccc(S(=O)(=O)CN2CC3(CC3)c3ccccc32)cc1. The van der Waals surface area contributed by atoms with Gasteiger partial charge in [0.05, 0.1) is 11.2 Å². The minimum absolute atomic E-state index is 0.0335. The molecule has 5 nitrogen and oxygen atoms in total. The van der Waals surface area contributed by atoms with Crippen molar-refractivity contribution in [3.8, 4) is 5.75 Å². The summed E-state index contributed by atoms with van der Waals surface area (Å²) in [4.78, 5) is 2.22. The summed E-state index contributed by atoms with van der Waals surface area (Å²) in [5.74, 6) is 0.420. The van der Waals surface area contributed by atoms with Gasteiger partial charge in [-0.25, -0.2) is 12.8 Å². The number of halogens is 1. The molecule has 1 saturated carbocycles. The summed E-state index contributed by atoms with van der Waals surface area (Å²) in [5, 5.41) is 0. The van der Waals surface area contributed by atoms with Crippen molar-refractivity contribution in [3.63, 3.8) is 0 Å². The number of para-hydroxylation sites is 1.